The van der Waals surface area contributed by atoms with Crippen molar-refractivity contribution >= 4 is 17.5 Å². The van der Waals surface area contributed by atoms with E-state index < -0.39 is 0 Å². The lowest BCUT2D eigenvalue weighted by molar-refractivity contribution is -0.123. The molecule has 2 aromatic carbocycles. The first kappa shape index (κ1) is 20.7. The van der Waals surface area contributed by atoms with Crippen LogP contribution in [0.3, 0.4) is 0 Å². The van der Waals surface area contributed by atoms with Crippen LogP contribution in [0.5, 0.6) is 11.5 Å². The summed E-state index contributed by atoms with van der Waals surface area (Å²) >= 11 is 0. The van der Waals surface area contributed by atoms with Crippen molar-refractivity contribution in [1.82, 2.24) is 4.90 Å². The lowest BCUT2D eigenvalue weighted by atomic mass is 9.94. The summed E-state index contributed by atoms with van der Waals surface area (Å²) in [6.07, 6.45) is 1.32. The zero-order valence-corrected chi connectivity index (χ0v) is 17.3. The van der Waals surface area contributed by atoms with Crippen LogP contribution in [0, 0.1) is 5.92 Å². The average Bonchev–Trinajstić information content (AvgIpc) is 2.79. The van der Waals surface area contributed by atoms with Crippen LogP contribution in [-0.4, -0.2) is 50.6 Å². The van der Waals surface area contributed by atoms with E-state index in [4.69, 9.17) is 9.47 Å². The molecule has 1 aliphatic heterocycles. The molecule has 0 unspecified atom stereocenters. The van der Waals surface area contributed by atoms with Crippen molar-refractivity contribution in [1.29, 1.82) is 0 Å². The number of carbonyl (C=O) groups is 2. The molecule has 0 saturated carbocycles. The third kappa shape index (κ3) is 4.70. The monoisotopic (exact) mass is 396 g/mol. The van der Waals surface area contributed by atoms with Crippen LogP contribution in [-0.2, 0) is 4.79 Å². The van der Waals surface area contributed by atoms with Crippen LogP contribution in [0.4, 0.5) is 5.69 Å². The van der Waals surface area contributed by atoms with Gasteiger partial charge in [-0.15, -0.1) is 0 Å². The van der Waals surface area contributed by atoms with Crippen molar-refractivity contribution in [3.63, 3.8) is 0 Å². The lowest BCUT2D eigenvalue weighted by Crippen LogP contribution is -2.44. The summed E-state index contributed by atoms with van der Waals surface area (Å²) in [5.74, 6) is 1.16. The third-order valence-electron chi connectivity index (χ3n) is 5.38. The number of nitrogens with zero attached hydrogens (tertiary/aromatic N) is 2. The molecule has 1 fully saturated rings. The van der Waals surface area contributed by atoms with E-state index in [1.165, 1.54) is 0 Å². The average molecular weight is 396 g/mol. The van der Waals surface area contributed by atoms with Gasteiger partial charge in [-0.3, -0.25) is 9.59 Å². The molecule has 3 rings (SSSR count). The molecule has 1 saturated heterocycles. The van der Waals surface area contributed by atoms with Crippen LogP contribution in [0.1, 0.15) is 30.1 Å². The normalized spacial score (nSPS) is 14.4. The van der Waals surface area contributed by atoms with Gasteiger partial charge >= 0.3 is 0 Å². The zero-order valence-electron chi connectivity index (χ0n) is 17.3. The molecule has 0 spiro atoms. The van der Waals surface area contributed by atoms with Gasteiger partial charge in [0.1, 0.15) is 11.5 Å². The smallest absolute Gasteiger partial charge is 0.254 e. The first-order chi connectivity index (χ1) is 14.1. The Morgan fingerprint density at radius 3 is 2.10 bits per heavy atom. The van der Waals surface area contributed by atoms with Gasteiger partial charge in [0.25, 0.3) is 5.91 Å². The Balaban J connectivity index is 1.65. The predicted octanol–water partition coefficient (Wildman–Crippen LogP) is 3.61. The van der Waals surface area contributed by atoms with E-state index in [1.807, 2.05) is 42.2 Å². The van der Waals surface area contributed by atoms with Crippen LogP contribution in [0.25, 0.3) is 0 Å². The number of hydrogen-bond donors (Lipinski definition) is 0. The predicted molar refractivity (Wildman–Crippen MR) is 113 cm³/mol. The number of anilines is 1. The Morgan fingerprint density at radius 2 is 1.59 bits per heavy atom. The molecule has 6 heteroatoms. The second-order valence-electron chi connectivity index (χ2n) is 7.09. The molecule has 29 heavy (non-hydrogen) atoms. The number of hydrogen-bond acceptors (Lipinski definition) is 4. The highest BCUT2D eigenvalue weighted by molar-refractivity contribution is 5.97. The summed E-state index contributed by atoms with van der Waals surface area (Å²) in [6, 6.07) is 14.9. The fraction of sp³-hybridized carbons (Fsp3) is 0.391. The maximum Gasteiger partial charge on any atom is 0.254 e. The summed E-state index contributed by atoms with van der Waals surface area (Å²) in [5, 5.41) is 0. The van der Waals surface area contributed by atoms with Gasteiger partial charge in [0, 0.05) is 42.9 Å². The van der Waals surface area contributed by atoms with E-state index in [0.717, 1.165) is 5.69 Å². The van der Waals surface area contributed by atoms with Crippen molar-refractivity contribution in [3.8, 4) is 11.5 Å². The van der Waals surface area contributed by atoms with E-state index in [2.05, 4.69) is 0 Å². The van der Waals surface area contributed by atoms with Crippen LogP contribution < -0.4 is 14.4 Å². The minimum Gasteiger partial charge on any atom is -0.497 e. The van der Waals surface area contributed by atoms with Crippen molar-refractivity contribution in [2.24, 2.45) is 5.92 Å². The number of carbonyl (C=O) groups excluding carboxylic acids is 2. The number of amides is 2. The first-order valence-electron chi connectivity index (χ1n) is 9.96. The Bertz CT molecular complexity index is 823. The van der Waals surface area contributed by atoms with Crippen molar-refractivity contribution in [3.05, 3.63) is 54.1 Å². The molecule has 6 nitrogen and oxygen atoms in total. The molecule has 154 valence electrons. The molecule has 0 aliphatic carbocycles. The van der Waals surface area contributed by atoms with Gasteiger partial charge in [-0.2, -0.15) is 0 Å². The van der Waals surface area contributed by atoms with E-state index in [9.17, 15) is 9.59 Å². The maximum atomic E-state index is 13.0. The van der Waals surface area contributed by atoms with Crippen molar-refractivity contribution in [2.45, 2.75) is 19.8 Å². The van der Waals surface area contributed by atoms with Crippen LogP contribution in [0.2, 0.25) is 0 Å². The van der Waals surface area contributed by atoms with Gasteiger partial charge in [-0.1, -0.05) is 18.2 Å². The van der Waals surface area contributed by atoms with E-state index in [-0.39, 0.29) is 17.7 Å². The van der Waals surface area contributed by atoms with Crippen LogP contribution in [0.15, 0.2) is 48.5 Å². The molecular weight excluding hydrogens is 368 g/mol. The minimum atomic E-state index is -0.0703. The first-order valence-corrected chi connectivity index (χ1v) is 9.96. The number of ether oxygens (including phenoxy) is 2. The summed E-state index contributed by atoms with van der Waals surface area (Å²) in [5.41, 5.74) is 1.45. The van der Waals surface area contributed by atoms with Crippen LogP contribution >= 0.6 is 0 Å². The van der Waals surface area contributed by atoms with Gasteiger partial charge in [-0.25, -0.2) is 0 Å². The molecule has 0 bridgehead atoms. The molecule has 0 atom stereocenters. The molecular formula is C23H28N2O4. The Morgan fingerprint density at radius 1 is 1.00 bits per heavy atom. The highest BCUT2D eigenvalue weighted by Crippen LogP contribution is 2.27. The SMILES string of the molecule is CCN(C(=O)C1CCN(C(=O)c2cc(OC)cc(OC)c2)CC1)c1ccccc1. The number of methoxy groups -OCH3 is 2. The second-order valence-corrected chi connectivity index (χ2v) is 7.09. The van der Waals surface area contributed by atoms with E-state index in [1.54, 1.807) is 37.3 Å². The quantitative estimate of drug-likeness (QED) is 0.748. The van der Waals surface area contributed by atoms with Gasteiger partial charge in [0.2, 0.25) is 5.91 Å². The number of piperidine rings is 1. The molecule has 0 aromatic heterocycles. The van der Waals surface area contributed by atoms with Crippen molar-refractivity contribution in [2.75, 3.05) is 38.8 Å². The molecule has 1 aliphatic rings. The third-order valence-corrected chi connectivity index (χ3v) is 5.38. The largest absolute Gasteiger partial charge is 0.497 e. The van der Waals surface area contributed by atoms with Gasteiger partial charge in [-0.05, 0) is 44.0 Å². The van der Waals surface area contributed by atoms with E-state index >= 15 is 0 Å². The summed E-state index contributed by atoms with van der Waals surface area (Å²) in [7, 11) is 3.12. The Hall–Kier alpha value is -3.02. The number of rotatable bonds is 6. The van der Waals surface area contributed by atoms with Gasteiger partial charge < -0.3 is 19.3 Å². The molecule has 2 amide bonds. The van der Waals surface area contributed by atoms with Gasteiger partial charge in [0.15, 0.2) is 0 Å². The number of likely N-dealkylation sites (tertiary alicyclic amines) is 1. The second kappa shape index (κ2) is 9.45. The van der Waals surface area contributed by atoms with E-state index in [0.29, 0.717) is 49.5 Å². The fourth-order valence-electron chi connectivity index (χ4n) is 3.74. The molecule has 1 heterocycles. The standard InChI is InChI=1S/C23H28N2O4/c1-4-25(19-8-6-5-7-9-19)23(27)17-10-12-24(13-11-17)22(26)18-14-20(28-2)16-21(15-18)29-3/h5-9,14-17H,4,10-13H2,1-3H3. The number of para-hydroxylation sites is 1. The zero-order chi connectivity index (χ0) is 20.8. The summed E-state index contributed by atoms with van der Waals surface area (Å²) in [4.78, 5) is 29.6. The molecule has 0 radical (unpaired) electrons. The van der Waals surface area contributed by atoms with Crippen molar-refractivity contribution < 1.29 is 19.1 Å². The topological polar surface area (TPSA) is 59.1 Å². The number of benzene rings is 2. The Kier molecular flexibility index (Phi) is 6.75. The highest BCUT2D eigenvalue weighted by Gasteiger charge is 2.31. The lowest BCUT2D eigenvalue weighted by Gasteiger charge is -2.34. The minimum absolute atomic E-state index is 0.0662. The maximum absolute atomic E-state index is 13.0. The molecule has 0 N–H and O–H groups in total. The summed E-state index contributed by atoms with van der Waals surface area (Å²) < 4.78 is 10.5. The fourth-order valence-corrected chi connectivity index (χ4v) is 3.74. The molecule has 2 aromatic rings. The summed E-state index contributed by atoms with van der Waals surface area (Å²) in [6.45, 7) is 3.73. The Labute approximate surface area is 172 Å². The van der Waals surface area contributed by atoms with Gasteiger partial charge in [0.05, 0.1) is 14.2 Å². The highest BCUT2D eigenvalue weighted by atomic mass is 16.5.